The van der Waals surface area contributed by atoms with E-state index in [4.69, 9.17) is 5.73 Å². The van der Waals surface area contributed by atoms with Crippen molar-refractivity contribution in [2.24, 2.45) is 16.6 Å². The second-order valence-corrected chi connectivity index (χ2v) is 9.03. The molecule has 0 aromatic carbocycles. The number of rotatable bonds is 4. The molecule has 1 fully saturated rings. The minimum absolute atomic E-state index is 0.00593. The smallest absolute Gasteiger partial charge is 0.250 e. The molecule has 0 radical (unpaired) electrons. The Morgan fingerprint density at radius 3 is 2.22 bits per heavy atom. The third-order valence-corrected chi connectivity index (χ3v) is 7.42. The Bertz CT molecular complexity index is 544. The molecule has 1 heterocycles. The molecule has 102 valence electrons. The SMILES string of the molecule is CC1(C)C(NS(=O)(=O)c2ccc(CN)s2)C1(C)C. The van der Waals surface area contributed by atoms with Crippen LogP contribution in [0.2, 0.25) is 0 Å². The van der Waals surface area contributed by atoms with E-state index in [9.17, 15) is 8.42 Å². The standard InChI is InChI=1S/C12H20N2O2S2/c1-11(2)10(12(11,3)4)14-18(15,16)9-6-5-8(7-13)17-9/h5-6,10,14H,7,13H2,1-4H3. The Labute approximate surface area is 113 Å². The fourth-order valence-corrected chi connectivity index (χ4v) is 5.10. The van der Waals surface area contributed by atoms with Gasteiger partial charge in [-0.25, -0.2) is 13.1 Å². The van der Waals surface area contributed by atoms with E-state index >= 15 is 0 Å². The minimum atomic E-state index is -3.42. The van der Waals surface area contributed by atoms with Crippen molar-refractivity contribution in [1.82, 2.24) is 4.72 Å². The summed E-state index contributed by atoms with van der Waals surface area (Å²) in [5.41, 5.74) is 5.49. The van der Waals surface area contributed by atoms with Crippen molar-refractivity contribution in [3.8, 4) is 0 Å². The molecule has 1 aliphatic carbocycles. The largest absolute Gasteiger partial charge is 0.326 e. The van der Waals surface area contributed by atoms with E-state index in [1.165, 1.54) is 11.3 Å². The number of nitrogens with one attached hydrogen (secondary N) is 1. The molecule has 2 rings (SSSR count). The van der Waals surface area contributed by atoms with Gasteiger partial charge in [0, 0.05) is 17.5 Å². The first kappa shape index (κ1) is 14.0. The van der Waals surface area contributed by atoms with Gasteiger partial charge in [-0.05, 0) is 23.0 Å². The predicted octanol–water partition coefficient (Wildman–Crippen LogP) is 1.92. The summed E-state index contributed by atoms with van der Waals surface area (Å²) >= 11 is 1.23. The maximum atomic E-state index is 12.2. The molecule has 18 heavy (non-hydrogen) atoms. The quantitative estimate of drug-likeness (QED) is 0.889. The fourth-order valence-electron chi connectivity index (χ4n) is 2.32. The molecule has 3 N–H and O–H groups in total. The Kier molecular flexibility index (Phi) is 3.13. The number of nitrogens with two attached hydrogens (primary N) is 1. The summed E-state index contributed by atoms with van der Waals surface area (Å²) in [5, 5.41) is 0. The van der Waals surface area contributed by atoms with Crippen LogP contribution in [0.1, 0.15) is 32.6 Å². The second kappa shape index (κ2) is 4.03. The van der Waals surface area contributed by atoms with Crippen LogP contribution in [0.4, 0.5) is 0 Å². The second-order valence-electron chi connectivity index (χ2n) is 5.92. The van der Waals surface area contributed by atoms with Crippen LogP contribution in [-0.4, -0.2) is 14.5 Å². The van der Waals surface area contributed by atoms with Gasteiger partial charge in [0.15, 0.2) is 0 Å². The molecule has 0 aliphatic heterocycles. The van der Waals surface area contributed by atoms with E-state index < -0.39 is 10.0 Å². The zero-order chi connectivity index (χ0) is 13.8. The molecule has 1 aromatic heterocycles. The van der Waals surface area contributed by atoms with Gasteiger partial charge in [0.1, 0.15) is 4.21 Å². The van der Waals surface area contributed by atoms with Crippen molar-refractivity contribution in [3.05, 3.63) is 17.0 Å². The normalized spacial score (nSPS) is 22.1. The summed E-state index contributed by atoms with van der Waals surface area (Å²) in [6.45, 7) is 8.71. The van der Waals surface area contributed by atoms with Gasteiger partial charge in [0.25, 0.3) is 0 Å². The van der Waals surface area contributed by atoms with Crippen molar-refractivity contribution in [1.29, 1.82) is 0 Å². The topological polar surface area (TPSA) is 72.2 Å². The monoisotopic (exact) mass is 288 g/mol. The van der Waals surface area contributed by atoms with E-state index in [-0.39, 0.29) is 16.9 Å². The highest BCUT2D eigenvalue weighted by Crippen LogP contribution is 2.63. The van der Waals surface area contributed by atoms with E-state index in [0.29, 0.717) is 10.8 Å². The summed E-state index contributed by atoms with van der Waals surface area (Å²) in [6, 6.07) is 3.37. The van der Waals surface area contributed by atoms with Crippen molar-refractivity contribution in [2.45, 2.75) is 44.5 Å². The van der Waals surface area contributed by atoms with Crippen LogP contribution >= 0.6 is 11.3 Å². The summed E-state index contributed by atoms with van der Waals surface area (Å²) in [7, 11) is -3.42. The molecule has 1 saturated carbocycles. The van der Waals surface area contributed by atoms with Gasteiger partial charge in [-0.1, -0.05) is 27.7 Å². The highest BCUT2D eigenvalue weighted by molar-refractivity contribution is 7.91. The predicted molar refractivity (Wildman–Crippen MR) is 73.9 cm³/mol. The van der Waals surface area contributed by atoms with E-state index in [0.717, 1.165) is 4.88 Å². The first-order valence-corrected chi connectivity index (χ1v) is 8.24. The van der Waals surface area contributed by atoms with Crippen molar-refractivity contribution in [3.63, 3.8) is 0 Å². The molecule has 6 heteroatoms. The Balaban J connectivity index is 2.19. The minimum Gasteiger partial charge on any atom is -0.326 e. The highest BCUT2D eigenvalue weighted by Gasteiger charge is 2.66. The number of sulfonamides is 1. The van der Waals surface area contributed by atoms with Gasteiger partial charge in [-0.3, -0.25) is 0 Å². The van der Waals surface area contributed by atoms with Crippen LogP contribution in [0, 0.1) is 10.8 Å². The zero-order valence-electron chi connectivity index (χ0n) is 11.1. The van der Waals surface area contributed by atoms with Crippen molar-refractivity contribution in [2.75, 3.05) is 0 Å². The van der Waals surface area contributed by atoms with Crippen LogP contribution < -0.4 is 10.5 Å². The molecule has 0 unspecified atom stereocenters. The van der Waals surface area contributed by atoms with Gasteiger partial charge in [0.05, 0.1) is 0 Å². The molecule has 0 amide bonds. The summed E-state index contributed by atoms with van der Waals surface area (Å²) < 4.78 is 27.6. The van der Waals surface area contributed by atoms with Gasteiger partial charge < -0.3 is 5.73 Å². The van der Waals surface area contributed by atoms with Gasteiger partial charge in [-0.15, -0.1) is 11.3 Å². The van der Waals surface area contributed by atoms with E-state index in [1.807, 2.05) is 0 Å². The van der Waals surface area contributed by atoms with Crippen LogP contribution in [0.25, 0.3) is 0 Å². The third kappa shape index (κ3) is 2.01. The Morgan fingerprint density at radius 1 is 1.28 bits per heavy atom. The van der Waals surface area contributed by atoms with Gasteiger partial charge in [0.2, 0.25) is 10.0 Å². The molecule has 0 spiro atoms. The van der Waals surface area contributed by atoms with E-state index in [1.54, 1.807) is 12.1 Å². The zero-order valence-corrected chi connectivity index (χ0v) is 12.8. The molecule has 0 atom stereocenters. The number of hydrogen-bond donors (Lipinski definition) is 2. The first-order chi connectivity index (χ1) is 8.13. The number of thiophene rings is 1. The lowest BCUT2D eigenvalue weighted by molar-refractivity contribution is 0.457. The molecule has 1 aliphatic rings. The summed E-state index contributed by atoms with van der Waals surface area (Å²) in [6.07, 6.45) is 0. The van der Waals surface area contributed by atoms with Crippen LogP contribution in [-0.2, 0) is 16.6 Å². The molecular formula is C12H20N2O2S2. The highest BCUT2D eigenvalue weighted by atomic mass is 32.2. The lowest BCUT2D eigenvalue weighted by atomic mass is 10.0. The van der Waals surface area contributed by atoms with Crippen LogP contribution in [0.3, 0.4) is 0 Å². The Morgan fingerprint density at radius 2 is 1.83 bits per heavy atom. The van der Waals surface area contributed by atoms with Gasteiger partial charge >= 0.3 is 0 Å². The van der Waals surface area contributed by atoms with Gasteiger partial charge in [-0.2, -0.15) is 0 Å². The average molecular weight is 288 g/mol. The molecular weight excluding hydrogens is 268 g/mol. The maximum absolute atomic E-state index is 12.2. The molecule has 1 aromatic rings. The van der Waals surface area contributed by atoms with E-state index in [2.05, 4.69) is 32.4 Å². The van der Waals surface area contributed by atoms with Crippen LogP contribution in [0.5, 0.6) is 0 Å². The van der Waals surface area contributed by atoms with Crippen LogP contribution in [0.15, 0.2) is 16.3 Å². The average Bonchev–Trinajstić information content (AvgIpc) is 2.68. The lowest BCUT2D eigenvalue weighted by Gasteiger charge is -2.06. The molecule has 0 saturated heterocycles. The first-order valence-electron chi connectivity index (χ1n) is 5.94. The maximum Gasteiger partial charge on any atom is 0.250 e. The summed E-state index contributed by atoms with van der Waals surface area (Å²) in [4.78, 5) is 0.879. The van der Waals surface area contributed by atoms with Crippen molar-refractivity contribution < 1.29 is 8.42 Å². The third-order valence-electron chi connectivity index (χ3n) is 4.40. The molecule has 4 nitrogen and oxygen atoms in total. The van der Waals surface area contributed by atoms with Crippen molar-refractivity contribution >= 4 is 21.4 Å². The Hall–Kier alpha value is -0.430. The summed E-state index contributed by atoms with van der Waals surface area (Å²) in [5.74, 6) is 0. The lowest BCUT2D eigenvalue weighted by Crippen LogP contribution is -2.29. The molecule has 0 bridgehead atoms. The number of hydrogen-bond acceptors (Lipinski definition) is 4. The fraction of sp³-hybridized carbons (Fsp3) is 0.667.